The number of fused-ring (bicyclic) bond motifs is 1. The van der Waals surface area contributed by atoms with Gasteiger partial charge in [-0.25, -0.2) is 4.98 Å². The van der Waals surface area contributed by atoms with Crippen LogP contribution in [-0.2, 0) is 0 Å². The Balaban J connectivity index is 1.83. The first-order chi connectivity index (χ1) is 9.24. The number of pyridine rings is 1. The lowest BCUT2D eigenvalue weighted by Crippen LogP contribution is -2.37. The molecular formula is C16H23N3. The lowest BCUT2D eigenvalue weighted by Gasteiger charge is -2.34. The monoisotopic (exact) mass is 257 g/mol. The molecule has 0 aliphatic carbocycles. The fourth-order valence-electron chi connectivity index (χ4n) is 3.28. The molecule has 3 heteroatoms. The molecule has 3 heterocycles. The van der Waals surface area contributed by atoms with Gasteiger partial charge in [0.15, 0.2) is 0 Å². The van der Waals surface area contributed by atoms with E-state index in [0.717, 1.165) is 11.6 Å². The summed E-state index contributed by atoms with van der Waals surface area (Å²) < 4.78 is 2.25. The minimum Gasteiger partial charge on any atom is -0.304 e. The summed E-state index contributed by atoms with van der Waals surface area (Å²) in [5.41, 5.74) is 2.49. The normalized spacial score (nSPS) is 21.3. The summed E-state index contributed by atoms with van der Waals surface area (Å²) in [5, 5.41) is 0. The predicted octanol–water partition coefficient (Wildman–Crippen LogP) is 3.17. The molecule has 1 aliphatic heterocycles. The van der Waals surface area contributed by atoms with Crippen LogP contribution in [0.15, 0.2) is 30.6 Å². The molecule has 102 valence electrons. The van der Waals surface area contributed by atoms with Crippen molar-refractivity contribution in [3.8, 4) is 0 Å². The highest BCUT2D eigenvalue weighted by atomic mass is 15.1. The molecule has 0 saturated carbocycles. The van der Waals surface area contributed by atoms with Gasteiger partial charge in [0.05, 0.1) is 0 Å². The van der Waals surface area contributed by atoms with Crippen LogP contribution in [-0.4, -0.2) is 33.9 Å². The quantitative estimate of drug-likeness (QED) is 0.842. The number of piperidine rings is 1. The Morgan fingerprint density at radius 1 is 1.37 bits per heavy atom. The van der Waals surface area contributed by atoms with Crippen molar-refractivity contribution in [3.63, 3.8) is 0 Å². The van der Waals surface area contributed by atoms with E-state index in [9.17, 15) is 0 Å². The molecule has 1 fully saturated rings. The molecule has 3 rings (SSSR count). The zero-order valence-electron chi connectivity index (χ0n) is 11.9. The Bertz CT molecular complexity index is 544. The number of aromatic nitrogens is 2. The SMILES string of the molecule is CC(C)CN1CCC[C@H](c2cccc3nccn23)C1. The van der Waals surface area contributed by atoms with Crippen molar-refractivity contribution in [1.82, 2.24) is 14.3 Å². The largest absolute Gasteiger partial charge is 0.304 e. The van der Waals surface area contributed by atoms with E-state index in [1.165, 1.54) is 38.2 Å². The summed E-state index contributed by atoms with van der Waals surface area (Å²) in [7, 11) is 0. The van der Waals surface area contributed by atoms with E-state index in [-0.39, 0.29) is 0 Å². The predicted molar refractivity (Wildman–Crippen MR) is 78.4 cm³/mol. The molecule has 1 atom stereocenters. The van der Waals surface area contributed by atoms with Gasteiger partial charge in [-0.1, -0.05) is 19.9 Å². The summed E-state index contributed by atoms with van der Waals surface area (Å²) in [6.45, 7) is 8.28. The highest BCUT2D eigenvalue weighted by Crippen LogP contribution is 2.27. The molecule has 3 nitrogen and oxygen atoms in total. The van der Waals surface area contributed by atoms with E-state index in [2.05, 4.69) is 52.5 Å². The summed E-state index contributed by atoms with van der Waals surface area (Å²) in [5.74, 6) is 1.40. The molecule has 1 aliphatic rings. The first-order valence-electron chi connectivity index (χ1n) is 7.38. The molecule has 1 saturated heterocycles. The Morgan fingerprint density at radius 3 is 3.11 bits per heavy atom. The second-order valence-corrected chi connectivity index (χ2v) is 6.10. The van der Waals surface area contributed by atoms with E-state index in [1.807, 2.05) is 6.20 Å². The van der Waals surface area contributed by atoms with Gasteiger partial charge in [-0.15, -0.1) is 0 Å². The van der Waals surface area contributed by atoms with E-state index < -0.39 is 0 Å². The van der Waals surface area contributed by atoms with E-state index >= 15 is 0 Å². The lowest BCUT2D eigenvalue weighted by atomic mass is 9.93. The zero-order chi connectivity index (χ0) is 13.2. The van der Waals surface area contributed by atoms with Gasteiger partial charge in [0, 0.05) is 37.1 Å². The van der Waals surface area contributed by atoms with Gasteiger partial charge in [-0.05, 0) is 37.4 Å². The van der Waals surface area contributed by atoms with Gasteiger partial charge >= 0.3 is 0 Å². The minimum absolute atomic E-state index is 0.644. The Morgan fingerprint density at radius 2 is 2.26 bits per heavy atom. The number of imidazole rings is 1. The Hall–Kier alpha value is -1.35. The first-order valence-corrected chi connectivity index (χ1v) is 7.38. The maximum atomic E-state index is 4.39. The molecule has 0 bridgehead atoms. The fourth-order valence-corrected chi connectivity index (χ4v) is 3.28. The smallest absolute Gasteiger partial charge is 0.136 e. The summed E-state index contributed by atoms with van der Waals surface area (Å²) in [4.78, 5) is 7.01. The summed E-state index contributed by atoms with van der Waals surface area (Å²) in [6.07, 6.45) is 6.59. The minimum atomic E-state index is 0.644. The van der Waals surface area contributed by atoms with Crippen LogP contribution in [0.4, 0.5) is 0 Å². The molecule has 0 aromatic carbocycles. The van der Waals surface area contributed by atoms with Crippen molar-refractivity contribution in [1.29, 1.82) is 0 Å². The number of rotatable bonds is 3. The Labute approximate surface area is 115 Å². The molecule has 0 radical (unpaired) electrons. The van der Waals surface area contributed by atoms with Gasteiger partial charge in [-0.3, -0.25) is 0 Å². The van der Waals surface area contributed by atoms with Crippen molar-refractivity contribution in [3.05, 3.63) is 36.3 Å². The van der Waals surface area contributed by atoms with E-state index in [4.69, 9.17) is 0 Å². The van der Waals surface area contributed by atoms with Crippen molar-refractivity contribution in [2.45, 2.75) is 32.6 Å². The average Bonchev–Trinajstić information content (AvgIpc) is 2.86. The third kappa shape index (κ3) is 2.66. The van der Waals surface area contributed by atoms with Crippen LogP contribution in [0.3, 0.4) is 0 Å². The number of hydrogen-bond donors (Lipinski definition) is 0. The van der Waals surface area contributed by atoms with Gasteiger partial charge < -0.3 is 9.30 Å². The molecule has 0 unspecified atom stereocenters. The Kier molecular flexibility index (Phi) is 3.56. The molecule has 2 aromatic rings. The van der Waals surface area contributed by atoms with Crippen LogP contribution in [0, 0.1) is 5.92 Å². The number of nitrogens with zero attached hydrogens (tertiary/aromatic N) is 3. The van der Waals surface area contributed by atoms with Crippen LogP contribution in [0.5, 0.6) is 0 Å². The topological polar surface area (TPSA) is 20.5 Å². The van der Waals surface area contributed by atoms with Crippen LogP contribution >= 0.6 is 0 Å². The summed E-state index contributed by atoms with van der Waals surface area (Å²) >= 11 is 0. The third-order valence-electron chi connectivity index (χ3n) is 4.01. The third-order valence-corrected chi connectivity index (χ3v) is 4.01. The second-order valence-electron chi connectivity index (χ2n) is 6.10. The number of likely N-dealkylation sites (tertiary alicyclic amines) is 1. The van der Waals surface area contributed by atoms with E-state index in [1.54, 1.807) is 0 Å². The van der Waals surface area contributed by atoms with Crippen LogP contribution in [0.1, 0.15) is 38.3 Å². The van der Waals surface area contributed by atoms with Crippen molar-refractivity contribution in [2.75, 3.05) is 19.6 Å². The summed E-state index contributed by atoms with van der Waals surface area (Å²) in [6, 6.07) is 6.48. The van der Waals surface area contributed by atoms with Gasteiger partial charge in [0.1, 0.15) is 5.65 Å². The average molecular weight is 257 g/mol. The van der Waals surface area contributed by atoms with Crippen LogP contribution in [0.25, 0.3) is 5.65 Å². The molecule has 0 N–H and O–H groups in total. The van der Waals surface area contributed by atoms with Crippen LogP contribution in [0.2, 0.25) is 0 Å². The molecule has 2 aromatic heterocycles. The standard InChI is InChI=1S/C16H23N3/c1-13(2)11-18-9-4-5-14(12-18)15-6-3-7-16-17-8-10-19(15)16/h3,6-8,10,13-14H,4-5,9,11-12H2,1-2H3/t14-/m0/s1. The fraction of sp³-hybridized carbons (Fsp3) is 0.562. The molecule has 19 heavy (non-hydrogen) atoms. The highest BCUT2D eigenvalue weighted by Gasteiger charge is 2.23. The number of hydrogen-bond acceptors (Lipinski definition) is 2. The highest BCUT2D eigenvalue weighted by molar-refractivity contribution is 5.40. The van der Waals surface area contributed by atoms with Gasteiger partial charge in [0.25, 0.3) is 0 Å². The lowest BCUT2D eigenvalue weighted by molar-refractivity contribution is 0.186. The maximum Gasteiger partial charge on any atom is 0.136 e. The zero-order valence-corrected chi connectivity index (χ0v) is 11.9. The van der Waals surface area contributed by atoms with Crippen molar-refractivity contribution < 1.29 is 0 Å². The van der Waals surface area contributed by atoms with E-state index in [0.29, 0.717) is 5.92 Å². The maximum absolute atomic E-state index is 4.39. The molecular weight excluding hydrogens is 234 g/mol. The van der Waals surface area contributed by atoms with Crippen LogP contribution < -0.4 is 0 Å². The van der Waals surface area contributed by atoms with Gasteiger partial charge in [0.2, 0.25) is 0 Å². The molecule has 0 amide bonds. The molecule has 0 spiro atoms. The second kappa shape index (κ2) is 5.33. The van der Waals surface area contributed by atoms with Crippen molar-refractivity contribution >= 4 is 5.65 Å². The van der Waals surface area contributed by atoms with Gasteiger partial charge in [-0.2, -0.15) is 0 Å². The van der Waals surface area contributed by atoms with Crippen molar-refractivity contribution in [2.24, 2.45) is 5.92 Å². The first kappa shape index (κ1) is 12.7.